The molecule has 1 aromatic heterocycles. The van der Waals surface area contributed by atoms with E-state index >= 15 is 0 Å². The number of aliphatic hydroxyl groups excluding tert-OH is 1. The molecule has 1 heterocycles. The van der Waals surface area contributed by atoms with Crippen LogP contribution in [-0.2, 0) is 6.54 Å². The summed E-state index contributed by atoms with van der Waals surface area (Å²) in [7, 11) is 0. The number of rotatable bonds is 5. The molecular weight excluding hydrogens is 262 g/mol. The Bertz CT molecular complexity index is 403. The summed E-state index contributed by atoms with van der Waals surface area (Å²) in [4.78, 5) is 0. The summed E-state index contributed by atoms with van der Waals surface area (Å²) in [5.41, 5.74) is 0.100. The highest BCUT2D eigenvalue weighted by Gasteiger charge is 2.28. The fraction of sp³-hybridized carbons (Fsp3) is 0.917. The summed E-state index contributed by atoms with van der Waals surface area (Å²) in [6.07, 6.45) is 2.80. The SMILES string of the molecule is CC(C)(C)NCCn1nnnc1SC1CCCC1O. The van der Waals surface area contributed by atoms with Gasteiger partial charge >= 0.3 is 0 Å². The Morgan fingerprint density at radius 2 is 2.21 bits per heavy atom. The zero-order chi connectivity index (χ0) is 13.9. The lowest BCUT2D eigenvalue weighted by Gasteiger charge is -2.20. The molecule has 2 atom stereocenters. The lowest BCUT2D eigenvalue weighted by Crippen LogP contribution is -2.38. The molecule has 108 valence electrons. The van der Waals surface area contributed by atoms with Gasteiger partial charge in [0, 0.05) is 17.3 Å². The minimum atomic E-state index is -0.220. The van der Waals surface area contributed by atoms with Gasteiger partial charge in [0.05, 0.1) is 12.6 Å². The van der Waals surface area contributed by atoms with Crippen LogP contribution < -0.4 is 5.32 Å². The molecule has 1 fully saturated rings. The van der Waals surface area contributed by atoms with Crippen LogP contribution >= 0.6 is 11.8 Å². The van der Waals surface area contributed by atoms with E-state index in [9.17, 15) is 5.11 Å². The molecule has 0 radical (unpaired) electrons. The standard InChI is InChI=1S/C12H23N5OS/c1-12(2,3)13-7-8-17-11(14-15-16-17)19-10-6-4-5-9(10)18/h9-10,13,18H,4-8H2,1-3H3. The van der Waals surface area contributed by atoms with Crippen molar-refractivity contribution in [3.63, 3.8) is 0 Å². The maximum Gasteiger partial charge on any atom is 0.209 e. The van der Waals surface area contributed by atoms with E-state index in [4.69, 9.17) is 0 Å². The number of tetrazole rings is 1. The first-order valence-corrected chi connectivity index (χ1v) is 7.69. The third-order valence-corrected chi connectivity index (χ3v) is 4.51. The zero-order valence-electron chi connectivity index (χ0n) is 11.8. The maximum atomic E-state index is 9.85. The monoisotopic (exact) mass is 285 g/mol. The third-order valence-electron chi connectivity index (χ3n) is 3.15. The van der Waals surface area contributed by atoms with E-state index in [0.29, 0.717) is 0 Å². The maximum absolute atomic E-state index is 9.85. The highest BCUT2D eigenvalue weighted by molar-refractivity contribution is 7.99. The second kappa shape index (κ2) is 6.19. The molecule has 19 heavy (non-hydrogen) atoms. The second-order valence-corrected chi connectivity index (χ2v) is 7.22. The van der Waals surface area contributed by atoms with Gasteiger partial charge in [0.2, 0.25) is 5.16 Å². The molecule has 2 N–H and O–H groups in total. The Balaban J connectivity index is 1.87. The molecule has 1 saturated carbocycles. The lowest BCUT2D eigenvalue weighted by atomic mass is 10.1. The Kier molecular flexibility index (Phi) is 4.81. The number of hydrogen-bond acceptors (Lipinski definition) is 6. The largest absolute Gasteiger partial charge is 0.392 e. The topological polar surface area (TPSA) is 75.9 Å². The summed E-state index contributed by atoms with van der Waals surface area (Å²) in [6.45, 7) is 7.98. The fourth-order valence-electron chi connectivity index (χ4n) is 2.14. The Morgan fingerprint density at radius 3 is 2.84 bits per heavy atom. The molecule has 1 aliphatic carbocycles. The molecule has 1 aromatic rings. The average molecular weight is 285 g/mol. The van der Waals surface area contributed by atoms with Gasteiger partial charge in [-0.05, 0) is 50.5 Å². The van der Waals surface area contributed by atoms with E-state index in [2.05, 4.69) is 41.6 Å². The first-order valence-electron chi connectivity index (χ1n) is 6.81. The number of thioether (sulfide) groups is 1. The molecule has 7 heteroatoms. The minimum Gasteiger partial charge on any atom is -0.392 e. The van der Waals surface area contributed by atoms with Gasteiger partial charge < -0.3 is 10.4 Å². The first kappa shape index (κ1) is 14.7. The Labute approximate surface area is 118 Å². The number of nitrogens with one attached hydrogen (secondary N) is 1. The lowest BCUT2D eigenvalue weighted by molar-refractivity contribution is 0.188. The summed E-state index contributed by atoms with van der Waals surface area (Å²) < 4.78 is 1.81. The molecule has 2 unspecified atom stereocenters. The van der Waals surface area contributed by atoms with Crippen LogP contribution in [-0.4, -0.2) is 48.8 Å². The van der Waals surface area contributed by atoms with E-state index in [1.54, 1.807) is 11.8 Å². The van der Waals surface area contributed by atoms with Crippen molar-refractivity contribution in [2.45, 2.75) is 68.6 Å². The fourth-order valence-corrected chi connectivity index (χ4v) is 3.32. The number of aromatic nitrogens is 4. The number of nitrogens with zero attached hydrogens (tertiary/aromatic N) is 4. The van der Waals surface area contributed by atoms with Crippen LogP contribution in [0.25, 0.3) is 0 Å². The van der Waals surface area contributed by atoms with Gasteiger partial charge in [-0.15, -0.1) is 5.10 Å². The summed E-state index contributed by atoms with van der Waals surface area (Å²) >= 11 is 1.60. The van der Waals surface area contributed by atoms with Gasteiger partial charge in [-0.2, -0.15) is 0 Å². The van der Waals surface area contributed by atoms with Crippen LogP contribution in [0.3, 0.4) is 0 Å². The highest BCUT2D eigenvalue weighted by atomic mass is 32.2. The second-order valence-electron chi connectivity index (χ2n) is 6.02. The van der Waals surface area contributed by atoms with Crippen molar-refractivity contribution in [3.05, 3.63) is 0 Å². The van der Waals surface area contributed by atoms with E-state index in [1.165, 1.54) is 0 Å². The molecule has 2 rings (SSSR count). The van der Waals surface area contributed by atoms with Crippen LogP contribution in [0, 0.1) is 0 Å². The van der Waals surface area contributed by atoms with Crippen molar-refractivity contribution < 1.29 is 5.11 Å². The Morgan fingerprint density at radius 1 is 1.42 bits per heavy atom. The van der Waals surface area contributed by atoms with E-state index in [0.717, 1.165) is 37.5 Å². The van der Waals surface area contributed by atoms with Crippen LogP contribution in [0.5, 0.6) is 0 Å². The van der Waals surface area contributed by atoms with Crippen LogP contribution in [0.2, 0.25) is 0 Å². The van der Waals surface area contributed by atoms with Crippen molar-refractivity contribution in [2.24, 2.45) is 0 Å². The zero-order valence-corrected chi connectivity index (χ0v) is 12.7. The quantitative estimate of drug-likeness (QED) is 0.843. The van der Waals surface area contributed by atoms with Gasteiger partial charge in [-0.25, -0.2) is 4.68 Å². The number of aliphatic hydroxyl groups is 1. The molecule has 0 amide bonds. The smallest absolute Gasteiger partial charge is 0.209 e. The highest BCUT2D eigenvalue weighted by Crippen LogP contribution is 2.33. The number of hydrogen-bond donors (Lipinski definition) is 2. The van der Waals surface area contributed by atoms with E-state index < -0.39 is 0 Å². The van der Waals surface area contributed by atoms with Crippen LogP contribution in [0.1, 0.15) is 40.0 Å². The summed E-state index contributed by atoms with van der Waals surface area (Å²) in [5.74, 6) is 0. The van der Waals surface area contributed by atoms with Crippen molar-refractivity contribution in [3.8, 4) is 0 Å². The van der Waals surface area contributed by atoms with Gasteiger partial charge in [-0.1, -0.05) is 11.8 Å². The first-order chi connectivity index (χ1) is 8.96. The van der Waals surface area contributed by atoms with Crippen molar-refractivity contribution >= 4 is 11.8 Å². The normalized spacial score (nSPS) is 24.0. The molecule has 1 aliphatic rings. The molecule has 0 saturated heterocycles. The Hall–Kier alpha value is -0.660. The van der Waals surface area contributed by atoms with Gasteiger partial charge in [0.15, 0.2) is 0 Å². The van der Waals surface area contributed by atoms with Crippen LogP contribution in [0.15, 0.2) is 5.16 Å². The minimum absolute atomic E-state index is 0.100. The van der Waals surface area contributed by atoms with Gasteiger partial charge in [-0.3, -0.25) is 0 Å². The predicted molar refractivity (Wildman–Crippen MR) is 75.1 cm³/mol. The van der Waals surface area contributed by atoms with Crippen LogP contribution in [0.4, 0.5) is 0 Å². The molecule has 0 aromatic carbocycles. The molecular formula is C12H23N5OS. The van der Waals surface area contributed by atoms with Gasteiger partial charge in [0.1, 0.15) is 0 Å². The predicted octanol–water partition coefficient (Wildman–Crippen LogP) is 1.07. The van der Waals surface area contributed by atoms with Crippen molar-refractivity contribution in [1.29, 1.82) is 0 Å². The van der Waals surface area contributed by atoms with Crippen molar-refractivity contribution in [1.82, 2.24) is 25.5 Å². The molecule has 0 bridgehead atoms. The average Bonchev–Trinajstić information content (AvgIpc) is 2.89. The van der Waals surface area contributed by atoms with E-state index in [1.807, 2.05) is 4.68 Å². The summed E-state index contributed by atoms with van der Waals surface area (Å²) in [6, 6.07) is 0. The summed E-state index contributed by atoms with van der Waals surface area (Å²) in [5, 5.41) is 26.1. The van der Waals surface area contributed by atoms with E-state index in [-0.39, 0.29) is 16.9 Å². The molecule has 6 nitrogen and oxygen atoms in total. The van der Waals surface area contributed by atoms with Gasteiger partial charge in [0.25, 0.3) is 0 Å². The molecule has 0 spiro atoms. The van der Waals surface area contributed by atoms with Crippen molar-refractivity contribution in [2.75, 3.05) is 6.54 Å². The third kappa shape index (κ3) is 4.43. The molecule has 0 aliphatic heterocycles.